The van der Waals surface area contributed by atoms with Crippen molar-refractivity contribution >= 4 is 11.8 Å². The largest absolute Gasteiger partial charge is 0.476 e. The van der Waals surface area contributed by atoms with Gasteiger partial charge in [0.25, 0.3) is 1.43 Å². The number of carboxylic acids is 1. The molecule has 0 aliphatic carbocycles. The van der Waals surface area contributed by atoms with E-state index in [4.69, 9.17) is 1.43 Å². The molecule has 0 fully saturated rings. The highest BCUT2D eigenvalue weighted by Crippen LogP contribution is 1.61. The van der Waals surface area contributed by atoms with Gasteiger partial charge in [0.2, 0.25) is 5.78 Å². The third-order valence-electron chi connectivity index (χ3n) is 0.287. The highest BCUT2D eigenvalue weighted by Gasteiger charge is 1.98. The van der Waals surface area contributed by atoms with Gasteiger partial charge < -0.3 is 5.11 Å². The third-order valence-corrected chi connectivity index (χ3v) is 0.287. The van der Waals surface area contributed by atoms with Crippen molar-refractivity contribution in [2.45, 2.75) is 6.92 Å². The van der Waals surface area contributed by atoms with Gasteiger partial charge in [-0.15, -0.1) is 0 Å². The lowest BCUT2D eigenvalue weighted by Crippen LogP contribution is -2.05. The molecule has 0 saturated heterocycles. The van der Waals surface area contributed by atoms with E-state index in [-0.39, 0.29) is 0 Å². The Morgan fingerprint density at radius 1 is 1.83 bits per heavy atom. The van der Waals surface area contributed by atoms with Crippen molar-refractivity contribution < 1.29 is 14.7 Å². The predicted octanol–water partition coefficient (Wildman–Crippen LogP) is -0.340. The fourth-order valence-corrected chi connectivity index (χ4v) is 0. The van der Waals surface area contributed by atoms with Gasteiger partial charge >= 0.3 is 5.97 Å². The van der Waals surface area contributed by atoms with Crippen molar-refractivity contribution in [3.63, 3.8) is 0 Å². The number of hydrogen-bond donors (Lipinski definition) is 1. The van der Waals surface area contributed by atoms with Crippen molar-refractivity contribution in [1.29, 1.82) is 1.43 Å². The van der Waals surface area contributed by atoms with E-state index in [1.807, 2.05) is 0 Å². The van der Waals surface area contributed by atoms with E-state index in [0.29, 0.717) is 0 Å². The van der Waals surface area contributed by atoms with Crippen LogP contribution in [0.1, 0.15) is 6.92 Å². The Hall–Kier alpha value is -0.860. The van der Waals surface area contributed by atoms with Gasteiger partial charge in [0.1, 0.15) is 0 Å². The first-order chi connectivity index (χ1) is 3.18. The summed E-state index contributed by atoms with van der Waals surface area (Å²) in [6.45, 7) is 1.04. The summed E-state index contributed by atoms with van der Waals surface area (Å²) in [5.41, 5.74) is 0. The number of carbonyl (C=O) groups excluding carboxylic acids is 1. The smallest absolute Gasteiger partial charge is 0.371 e. The minimum absolute atomic E-state index is 0.755. The third kappa shape index (κ3) is 1.46. The minimum Gasteiger partial charge on any atom is -0.476 e. The highest BCUT2D eigenvalue weighted by molar-refractivity contribution is 6.31. The van der Waals surface area contributed by atoms with Crippen LogP contribution in [0.3, 0.4) is 0 Å². The molecule has 1 N–H and O–H groups in total. The summed E-state index contributed by atoms with van der Waals surface area (Å²) in [4.78, 5) is 19.5. The van der Waals surface area contributed by atoms with Crippen LogP contribution < -0.4 is 0 Å². The van der Waals surface area contributed by atoms with Gasteiger partial charge in [-0.2, -0.15) is 0 Å². The average molecular weight is 89.1 g/mol. The van der Waals surface area contributed by atoms with Crippen molar-refractivity contribution in [3.8, 4) is 0 Å². The zero-order chi connectivity index (χ0) is 5.86. The summed E-state index contributed by atoms with van der Waals surface area (Å²) >= 11 is 0. The van der Waals surface area contributed by atoms with Gasteiger partial charge in [0, 0.05) is 6.92 Å². The van der Waals surface area contributed by atoms with E-state index >= 15 is 0 Å². The number of hydrogen-bond acceptors (Lipinski definition) is 3. The van der Waals surface area contributed by atoms with Crippen LogP contribution in [0.5, 0.6) is 0 Å². The first-order valence-corrected chi connectivity index (χ1v) is 1.36. The van der Waals surface area contributed by atoms with E-state index in [9.17, 15) is 9.59 Å². The lowest BCUT2D eigenvalue weighted by atomic mass is 10.5. The zero-order valence-electron chi connectivity index (χ0n) is 4.22. The maximum Gasteiger partial charge on any atom is 0.371 e. The van der Waals surface area contributed by atoms with Crippen LogP contribution in [0.15, 0.2) is 0 Å². The fraction of sp³-hybridized carbons (Fsp3) is 0.333. The number of carbonyl (C=O) groups is 2. The van der Waals surface area contributed by atoms with Crippen molar-refractivity contribution in [1.82, 2.24) is 0 Å². The van der Waals surface area contributed by atoms with Gasteiger partial charge in [0.05, 0.1) is 0 Å². The monoisotopic (exact) mass is 89.0 g/mol. The lowest BCUT2D eigenvalue weighted by Gasteiger charge is -1.73. The van der Waals surface area contributed by atoms with Gasteiger partial charge in [-0.1, -0.05) is 0 Å². The normalized spacial score (nSPS) is 9.17. The molecule has 6 heavy (non-hydrogen) atoms. The maximum atomic E-state index is 9.78. The molecular formula is C3H4O3. The topological polar surface area (TPSA) is 54.4 Å². The summed E-state index contributed by atoms with van der Waals surface area (Å²) in [6.07, 6.45) is 0. The van der Waals surface area contributed by atoms with Crippen LogP contribution in [-0.2, 0) is 9.59 Å². The molecule has 0 aliphatic heterocycles. The van der Waals surface area contributed by atoms with E-state index < -0.39 is 11.8 Å². The number of carboxylic acid groups (broad SMARTS) is 1. The summed E-state index contributed by atoms with van der Waals surface area (Å²) in [5, 5.41) is 3.27. The number of aliphatic carboxylic acids is 1. The molecule has 0 spiro atoms. The average Bonchev–Trinajstić information content (AvgIpc) is 1.65. The summed E-state index contributed by atoms with van der Waals surface area (Å²) < 4.78 is 5.87. The molecule has 0 heterocycles. The molecule has 0 unspecified atom stereocenters. The van der Waals surface area contributed by atoms with Gasteiger partial charge in [-0.05, 0) is 0 Å². The molecule has 0 bridgehead atoms. The van der Waals surface area contributed by atoms with Crippen molar-refractivity contribution in [2.75, 3.05) is 0 Å². The standard InChI is InChI=1S/C3H4O3/c1-2(4)3(5)6/h1H3,(H,5,6)/i/hD. The van der Waals surface area contributed by atoms with E-state index in [0.717, 1.165) is 6.92 Å². The van der Waals surface area contributed by atoms with Crippen LogP contribution in [0, 0.1) is 0 Å². The first kappa shape index (κ1) is 3.33. The minimum atomic E-state index is -1.13. The lowest BCUT2D eigenvalue weighted by molar-refractivity contribution is -0.148. The Morgan fingerprint density at radius 2 is 2.33 bits per heavy atom. The zero-order valence-corrected chi connectivity index (χ0v) is 3.22. The molecule has 3 heteroatoms. The van der Waals surface area contributed by atoms with Gasteiger partial charge in [-0.3, -0.25) is 4.79 Å². The van der Waals surface area contributed by atoms with E-state index in [2.05, 4.69) is 5.11 Å². The predicted molar refractivity (Wildman–Crippen MR) is 18.3 cm³/mol. The molecule has 0 rings (SSSR count). The van der Waals surface area contributed by atoms with Crippen LogP contribution >= 0.6 is 0 Å². The maximum absolute atomic E-state index is 9.78. The molecular weight excluding hydrogens is 84.0 g/mol. The molecule has 0 aromatic carbocycles. The van der Waals surface area contributed by atoms with Crippen molar-refractivity contribution in [3.05, 3.63) is 0 Å². The Kier molecular flexibility index (Phi) is 0.859. The molecule has 0 amide bonds. The van der Waals surface area contributed by atoms with Crippen LogP contribution in [0.25, 0.3) is 1.43 Å². The highest BCUT2D eigenvalue weighted by atomic mass is 16.4. The Bertz CT molecular complexity index is 98.4. The molecule has 0 aromatic rings. The summed E-state index contributed by atoms with van der Waals surface area (Å²) in [7, 11) is 0. The molecule has 0 aliphatic rings. The second-order valence-electron chi connectivity index (χ2n) is 0.844. The van der Waals surface area contributed by atoms with Crippen molar-refractivity contribution in [2.24, 2.45) is 0 Å². The number of rotatable bonds is 1. The van der Waals surface area contributed by atoms with E-state index in [1.54, 1.807) is 0 Å². The Balaban J connectivity index is 3.58. The Labute approximate surface area is 36.1 Å². The second kappa shape index (κ2) is 1.55. The summed E-state index contributed by atoms with van der Waals surface area (Å²) in [6, 6.07) is 0. The van der Waals surface area contributed by atoms with Gasteiger partial charge in [0.15, 0.2) is 0 Å². The molecule has 0 aromatic heterocycles. The Morgan fingerprint density at radius 3 is 2.33 bits per heavy atom. The van der Waals surface area contributed by atoms with Crippen LogP contribution in [-0.4, -0.2) is 16.9 Å². The number of Topliss-reactive ketones (excluding diaryl/α,β-unsaturated/α-hetero) is 1. The summed E-state index contributed by atoms with van der Waals surface area (Å²) in [5.74, 6) is -1.88. The first-order valence-electron chi connectivity index (χ1n) is 1.77. The quantitative estimate of drug-likeness (QED) is 0.447. The van der Waals surface area contributed by atoms with Gasteiger partial charge in [-0.25, -0.2) is 4.79 Å². The SMILES string of the molecule is [2H]OC(=O)C(C)=O. The second-order valence-corrected chi connectivity index (χ2v) is 0.844. The number of ketones is 1. The van der Waals surface area contributed by atoms with Crippen LogP contribution in [0.2, 0.25) is 0 Å². The molecule has 0 atom stereocenters. The van der Waals surface area contributed by atoms with Crippen LogP contribution in [0.4, 0.5) is 0 Å². The molecule has 3 nitrogen and oxygen atoms in total. The fourth-order valence-electron chi connectivity index (χ4n) is 0. The molecule has 0 radical (unpaired) electrons. The molecule has 34 valence electrons. The molecule has 0 saturated carbocycles. The van der Waals surface area contributed by atoms with E-state index in [1.165, 1.54) is 0 Å².